The number of nitrogens with one attached hydrogen (secondary N) is 2. The van der Waals surface area contributed by atoms with Gasteiger partial charge in [0.25, 0.3) is 0 Å². The van der Waals surface area contributed by atoms with Gasteiger partial charge >= 0.3 is 6.03 Å². The highest BCUT2D eigenvalue weighted by Crippen LogP contribution is 2.29. The molecule has 32 heavy (non-hydrogen) atoms. The van der Waals surface area contributed by atoms with Crippen LogP contribution in [-0.2, 0) is 10.0 Å². The molecule has 2 aliphatic rings. The molecule has 0 aromatic heterocycles. The van der Waals surface area contributed by atoms with Crippen molar-refractivity contribution in [3.63, 3.8) is 0 Å². The number of piperidine rings is 1. The van der Waals surface area contributed by atoms with E-state index in [0.29, 0.717) is 23.7 Å². The highest BCUT2D eigenvalue weighted by molar-refractivity contribution is 7.89. The lowest BCUT2D eigenvalue weighted by Crippen LogP contribution is -2.51. The van der Waals surface area contributed by atoms with Crippen molar-refractivity contribution in [1.82, 2.24) is 14.9 Å². The molecule has 1 heterocycles. The lowest BCUT2D eigenvalue weighted by atomic mass is 9.97. The molecule has 1 aromatic carbocycles. The molecule has 0 spiro atoms. The zero-order chi connectivity index (χ0) is 21.6. The number of halogens is 1. The van der Waals surface area contributed by atoms with Gasteiger partial charge < -0.3 is 10.6 Å². The summed E-state index contributed by atoms with van der Waals surface area (Å²) in [4.78, 5) is 12.7. The van der Waals surface area contributed by atoms with Crippen molar-refractivity contribution >= 4 is 27.7 Å². The van der Waals surface area contributed by atoms with Crippen molar-refractivity contribution in [2.45, 2.75) is 103 Å². The third kappa shape index (κ3) is 7.35. The zero-order valence-corrected chi connectivity index (χ0v) is 19.4. The van der Waals surface area contributed by atoms with E-state index >= 15 is 0 Å². The maximum absolute atomic E-state index is 13.3. The Morgan fingerprint density at radius 2 is 1.66 bits per heavy atom. The maximum atomic E-state index is 13.3. The molecule has 6 nitrogen and oxygen atoms in total. The molecule has 1 saturated carbocycles. The fraction of sp³-hybridized carbons (Fsp3) is 0.708. The molecule has 1 unspecified atom stereocenters. The van der Waals surface area contributed by atoms with Crippen LogP contribution in [0.1, 0.15) is 84.6 Å². The molecule has 0 radical (unpaired) electrons. The topological polar surface area (TPSA) is 78.5 Å². The summed E-state index contributed by atoms with van der Waals surface area (Å²) in [6.45, 7) is 2.51. The average molecular weight is 488 g/mol. The monoisotopic (exact) mass is 487 g/mol. The lowest BCUT2D eigenvalue weighted by Gasteiger charge is -2.35. The second kappa shape index (κ2) is 13.4. The number of hydrogen-bond donors (Lipinski definition) is 2. The van der Waals surface area contributed by atoms with Crippen molar-refractivity contribution in [2.24, 2.45) is 0 Å². The SMILES string of the molecule is C.C.Cc1c(Cl)cccc1S(=O)(=O)N1CCCCC1CNC(=O)NC1CCCCCCC1. The van der Waals surface area contributed by atoms with E-state index in [0.717, 1.165) is 44.9 Å². The summed E-state index contributed by atoms with van der Waals surface area (Å²) in [5.41, 5.74) is 0.568. The highest BCUT2D eigenvalue weighted by atomic mass is 35.5. The fourth-order valence-corrected chi connectivity index (χ4v) is 6.71. The Morgan fingerprint density at radius 3 is 2.34 bits per heavy atom. The fourth-order valence-electron chi connectivity index (χ4n) is 4.54. The van der Waals surface area contributed by atoms with Crippen LogP contribution in [0.4, 0.5) is 4.79 Å². The molecule has 8 heteroatoms. The van der Waals surface area contributed by atoms with E-state index in [2.05, 4.69) is 10.6 Å². The molecule has 0 bridgehead atoms. The number of carbonyl (C=O) groups excluding carboxylic acids is 1. The predicted molar refractivity (Wildman–Crippen MR) is 134 cm³/mol. The molecule has 3 rings (SSSR count). The van der Waals surface area contributed by atoms with Gasteiger partial charge in [0, 0.05) is 30.2 Å². The Labute approximate surface area is 200 Å². The summed E-state index contributed by atoms with van der Waals surface area (Å²) >= 11 is 6.16. The first-order valence-electron chi connectivity index (χ1n) is 11.2. The van der Waals surface area contributed by atoms with Gasteiger partial charge in [0.1, 0.15) is 0 Å². The number of carbonyl (C=O) groups is 1. The van der Waals surface area contributed by atoms with Crippen molar-refractivity contribution in [1.29, 1.82) is 0 Å². The van der Waals surface area contributed by atoms with Crippen LogP contribution >= 0.6 is 11.6 Å². The number of urea groups is 1. The average Bonchev–Trinajstić information content (AvgIpc) is 2.70. The van der Waals surface area contributed by atoms with Gasteiger partial charge in [-0.05, 0) is 50.3 Å². The minimum absolute atomic E-state index is 0. The Bertz CT molecular complexity index is 824. The minimum atomic E-state index is -3.67. The van der Waals surface area contributed by atoms with Crippen molar-refractivity contribution in [3.05, 3.63) is 28.8 Å². The smallest absolute Gasteiger partial charge is 0.315 e. The molecule has 184 valence electrons. The summed E-state index contributed by atoms with van der Waals surface area (Å²) in [6, 6.07) is 4.75. The number of rotatable bonds is 5. The van der Waals surface area contributed by atoms with Gasteiger partial charge in [0.15, 0.2) is 0 Å². The largest absolute Gasteiger partial charge is 0.337 e. The van der Waals surface area contributed by atoms with E-state index < -0.39 is 10.0 Å². The van der Waals surface area contributed by atoms with Crippen molar-refractivity contribution < 1.29 is 13.2 Å². The lowest BCUT2D eigenvalue weighted by molar-refractivity contribution is 0.219. The third-order valence-electron chi connectivity index (χ3n) is 6.32. The van der Waals surface area contributed by atoms with Gasteiger partial charge in [0.2, 0.25) is 10.0 Å². The molecule has 1 aliphatic carbocycles. The number of amides is 2. The van der Waals surface area contributed by atoms with Crippen molar-refractivity contribution in [2.75, 3.05) is 13.1 Å². The van der Waals surface area contributed by atoms with Gasteiger partial charge in [-0.2, -0.15) is 4.31 Å². The number of nitrogens with zero attached hydrogens (tertiary/aromatic N) is 1. The molecular weight excluding hydrogens is 446 g/mol. The minimum Gasteiger partial charge on any atom is -0.337 e. The predicted octanol–water partition coefficient (Wildman–Crippen LogP) is 5.88. The Morgan fingerprint density at radius 1 is 1.03 bits per heavy atom. The van der Waals surface area contributed by atoms with E-state index in [-0.39, 0.29) is 37.9 Å². The van der Waals surface area contributed by atoms with Crippen LogP contribution in [-0.4, -0.2) is 43.9 Å². The van der Waals surface area contributed by atoms with Crippen LogP contribution in [0.25, 0.3) is 0 Å². The molecule has 1 aromatic rings. The van der Waals surface area contributed by atoms with Gasteiger partial charge in [-0.3, -0.25) is 0 Å². The Kier molecular flexibility index (Phi) is 12.0. The first-order valence-corrected chi connectivity index (χ1v) is 13.0. The van der Waals surface area contributed by atoms with Crippen LogP contribution < -0.4 is 10.6 Å². The zero-order valence-electron chi connectivity index (χ0n) is 17.8. The van der Waals surface area contributed by atoms with E-state index in [1.807, 2.05) is 0 Å². The van der Waals surface area contributed by atoms with E-state index in [1.165, 1.54) is 19.3 Å². The highest BCUT2D eigenvalue weighted by Gasteiger charge is 2.34. The molecule has 1 atom stereocenters. The third-order valence-corrected chi connectivity index (χ3v) is 8.82. The normalized spacial score (nSPS) is 20.8. The second-order valence-corrected chi connectivity index (χ2v) is 10.8. The molecule has 2 N–H and O–H groups in total. The molecule has 1 saturated heterocycles. The first kappa shape index (κ1) is 28.7. The van der Waals surface area contributed by atoms with Crippen molar-refractivity contribution in [3.8, 4) is 0 Å². The van der Waals surface area contributed by atoms with Crippen LogP contribution in [0.5, 0.6) is 0 Å². The number of hydrogen-bond acceptors (Lipinski definition) is 3. The summed E-state index contributed by atoms with van der Waals surface area (Å²) in [5, 5.41) is 6.47. The number of benzene rings is 1. The van der Waals surface area contributed by atoms with E-state index in [4.69, 9.17) is 11.6 Å². The summed E-state index contributed by atoms with van der Waals surface area (Å²) < 4.78 is 28.2. The van der Waals surface area contributed by atoms with E-state index in [9.17, 15) is 13.2 Å². The van der Waals surface area contributed by atoms with Crippen LogP contribution in [0.2, 0.25) is 5.02 Å². The molecular formula is C24H42ClN3O3S. The van der Waals surface area contributed by atoms with Crippen LogP contribution in [0, 0.1) is 6.92 Å². The van der Waals surface area contributed by atoms with Gasteiger partial charge in [-0.1, -0.05) is 71.0 Å². The second-order valence-electron chi connectivity index (χ2n) is 8.52. The Balaban J connectivity index is 0.00000256. The first-order chi connectivity index (χ1) is 14.4. The van der Waals surface area contributed by atoms with Crippen LogP contribution in [0.3, 0.4) is 0 Å². The molecule has 2 fully saturated rings. The quantitative estimate of drug-likeness (QED) is 0.544. The maximum Gasteiger partial charge on any atom is 0.315 e. The van der Waals surface area contributed by atoms with E-state index in [1.54, 1.807) is 29.4 Å². The number of sulfonamides is 1. The van der Waals surface area contributed by atoms with Gasteiger partial charge in [-0.15, -0.1) is 0 Å². The summed E-state index contributed by atoms with van der Waals surface area (Å²) in [5.74, 6) is 0. The standard InChI is InChI=1S/C22H34ClN3O3S.2CH4/c1-17-20(23)13-9-14-21(17)30(28,29)26-15-8-7-12-19(26)16-24-22(27)25-18-10-5-3-2-4-6-11-18;;/h9,13-14,18-19H,2-8,10-12,15-16H2,1H3,(H2,24,25,27);2*1H4. The van der Waals surface area contributed by atoms with Gasteiger partial charge in [0.05, 0.1) is 4.90 Å². The summed E-state index contributed by atoms with van der Waals surface area (Å²) in [6.07, 6.45) is 10.6. The van der Waals surface area contributed by atoms with Gasteiger partial charge in [-0.25, -0.2) is 13.2 Å². The Hall–Kier alpha value is -1.31. The molecule has 2 amide bonds. The summed E-state index contributed by atoms with van der Waals surface area (Å²) in [7, 11) is -3.67. The van der Waals surface area contributed by atoms with Crippen LogP contribution in [0.15, 0.2) is 23.1 Å². The molecule has 1 aliphatic heterocycles.